The van der Waals surface area contributed by atoms with Crippen molar-refractivity contribution < 1.29 is 22.4 Å². The Morgan fingerprint density at radius 3 is 2.05 bits per heavy atom. The molecule has 0 bridgehead atoms. The first-order valence-electron chi connectivity index (χ1n) is 11.6. The molecule has 0 heterocycles. The van der Waals surface area contributed by atoms with E-state index >= 15 is 0 Å². The van der Waals surface area contributed by atoms with Crippen LogP contribution in [0.15, 0.2) is 72.8 Å². The second-order valence-electron chi connectivity index (χ2n) is 9.65. The number of hydrogen-bond donors (Lipinski definition) is 2. The van der Waals surface area contributed by atoms with Crippen molar-refractivity contribution >= 4 is 33.4 Å². The van der Waals surface area contributed by atoms with Gasteiger partial charge in [-0.15, -0.1) is 0 Å². The van der Waals surface area contributed by atoms with Crippen molar-refractivity contribution in [3.8, 4) is 0 Å². The van der Waals surface area contributed by atoms with Crippen LogP contribution in [-0.4, -0.2) is 44.2 Å². The van der Waals surface area contributed by atoms with Crippen molar-refractivity contribution in [3.05, 3.63) is 95.3 Å². The van der Waals surface area contributed by atoms with Crippen LogP contribution in [0, 0.1) is 5.82 Å². The van der Waals surface area contributed by atoms with E-state index in [0.29, 0.717) is 22.4 Å². The second-order valence-corrected chi connectivity index (χ2v) is 11.7. The quantitative estimate of drug-likeness (QED) is 0.454. The molecule has 0 radical (unpaired) electrons. The van der Waals surface area contributed by atoms with Crippen LogP contribution >= 0.6 is 0 Å². The van der Waals surface area contributed by atoms with Gasteiger partial charge in [0.2, 0.25) is 0 Å². The minimum Gasteiger partial charge on any atom is -0.347 e. The van der Waals surface area contributed by atoms with Crippen molar-refractivity contribution in [2.24, 2.45) is 0 Å². The molecule has 0 spiro atoms. The number of carbonyl (C=O) groups is 2. The zero-order chi connectivity index (χ0) is 27.4. The first-order chi connectivity index (χ1) is 17.3. The molecule has 0 atom stereocenters. The SMILES string of the molecule is CN(C)S(=O)(=O)N(Cc1ccc(C(=O)Nc2ccccc2C(=O)NC(C)(C)C)cc1)c1ccccc1F. The third-order valence-corrected chi connectivity index (χ3v) is 7.12. The molecular formula is C27H31FN4O4S. The van der Waals surface area contributed by atoms with Crippen molar-refractivity contribution in [2.75, 3.05) is 23.7 Å². The Balaban J connectivity index is 1.82. The van der Waals surface area contributed by atoms with Crippen LogP contribution < -0.4 is 14.9 Å². The van der Waals surface area contributed by atoms with Crippen LogP contribution in [0.3, 0.4) is 0 Å². The molecule has 37 heavy (non-hydrogen) atoms. The standard InChI is InChI=1S/C27H31FN4O4S/c1-27(2,3)30-26(34)21-10-6-8-12-23(21)29-25(33)20-16-14-19(15-17-20)18-32(37(35,36)31(4)5)24-13-9-7-11-22(24)28/h6-17H,18H2,1-5H3,(H,29,33)(H,30,34). The molecular weight excluding hydrogens is 495 g/mol. The summed E-state index contributed by atoms with van der Waals surface area (Å²) in [5, 5.41) is 5.64. The highest BCUT2D eigenvalue weighted by Gasteiger charge is 2.27. The van der Waals surface area contributed by atoms with E-state index in [-0.39, 0.29) is 18.1 Å². The third-order valence-electron chi connectivity index (χ3n) is 5.31. The predicted octanol–water partition coefficient (Wildman–Crippen LogP) is 4.42. The minimum atomic E-state index is -4.00. The van der Waals surface area contributed by atoms with Gasteiger partial charge in [0, 0.05) is 25.2 Å². The molecule has 0 aliphatic carbocycles. The molecule has 0 fully saturated rings. The summed E-state index contributed by atoms with van der Waals surface area (Å²) in [6.07, 6.45) is 0. The number of amides is 2. The number of rotatable bonds is 8. The Hall–Kier alpha value is -3.76. The number of nitrogens with zero attached hydrogens (tertiary/aromatic N) is 2. The lowest BCUT2D eigenvalue weighted by molar-refractivity contribution is 0.0920. The molecule has 10 heteroatoms. The Morgan fingerprint density at radius 1 is 0.865 bits per heavy atom. The lowest BCUT2D eigenvalue weighted by Gasteiger charge is -2.27. The fourth-order valence-electron chi connectivity index (χ4n) is 3.46. The maximum absolute atomic E-state index is 14.5. The first-order valence-corrected chi connectivity index (χ1v) is 13.0. The number of nitrogens with one attached hydrogen (secondary N) is 2. The highest BCUT2D eigenvalue weighted by atomic mass is 32.2. The van der Waals surface area contributed by atoms with E-state index in [0.717, 1.165) is 8.61 Å². The molecule has 0 saturated heterocycles. The van der Waals surface area contributed by atoms with Gasteiger partial charge in [-0.1, -0.05) is 36.4 Å². The number of carbonyl (C=O) groups excluding carboxylic acids is 2. The molecule has 3 aromatic carbocycles. The van der Waals surface area contributed by atoms with Crippen LogP contribution in [0.1, 0.15) is 47.1 Å². The zero-order valence-corrected chi connectivity index (χ0v) is 22.3. The van der Waals surface area contributed by atoms with Gasteiger partial charge >= 0.3 is 10.2 Å². The number of anilines is 2. The van der Waals surface area contributed by atoms with Crippen LogP contribution in [0.4, 0.5) is 15.8 Å². The van der Waals surface area contributed by atoms with Gasteiger partial charge < -0.3 is 10.6 Å². The fraction of sp³-hybridized carbons (Fsp3) is 0.259. The van der Waals surface area contributed by atoms with Crippen LogP contribution in [0.2, 0.25) is 0 Å². The molecule has 196 valence electrons. The molecule has 2 N–H and O–H groups in total. The molecule has 2 amide bonds. The zero-order valence-electron chi connectivity index (χ0n) is 21.4. The Morgan fingerprint density at radius 2 is 1.46 bits per heavy atom. The van der Waals surface area contributed by atoms with Crippen molar-refractivity contribution in [1.29, 1.82) is 0 Å². The van der Waals surface area contributed by atoms with Gasteiger partial charge in [0.05, 0.1) is 23.5 Å². The summed E-state index contributed by atoms with van der Waals surface area (Å²) < 4.78 is 42.3. The summed E-state index contributed by atoms with van der Waals surface area (Å²) in [6, 6.07) is 18.6. The molecule has 0 unspecified atom stereocenters. The summed E-state index contributed by atoms with van der Waals surface area (Å²) in [7, 11) is -1.25. The largest absolute Gasteiger partial charge is 0.347 e. The lowest BCUT2D eigenvalue weighted by Crippen LogP contribution is -2.40. The van der Waals surface area contributed by atoms with Gasteiger partial charge in [-0.2, -0.15) is 12.7 Å². The van der Waals surface area contributed by atoms with Crippen molar-refractivity contribution in [3.63, 3.8) is 0 Å². The summed E-state index contributed by atoms with van der Waals surface area (Å²) in [6.45, 7) is 5.46. The van der Waals surface area contributed by atoms with Crippen LogP contribution in [0.25, 0.3) is 0 Å². The molecule has 0 saturated carbocycles. The fourth-order valence-corrected chi connectivity index (χ4v) is 4.57. The smallest absolute Gasteiger partial charge is 0.303 e. The number of para-hydroxylation sites is 2. The van der Waals surface area contributed by atoms with Gasteiger partial charge in [-0.05, 0) is 62.7 Å². The van der Waals surface area contributed by atoms with Crippen LogP contribution in [0.5, 0.6) is 0 Å². The first kappa shape index (κ1) is 27.8. The number of hydrogen-bond acceptors (Lipinski definition) is 4. The highest BCUT2D eigenvalue weighted by Crippen LogP contribution is 2.25. The van der Waals surface area contributed by atoms with E-state index in [1.165, 1.54) is 32.3 Å². The van der Waals surface area contributed by atoms with Crippen LogP contribution in [-0.2, 0) is 16.8 Å². The number of benzene rings is 3. The monoisotopic (exact) mass is 526 g/mol. The maximum Gasteiger partial charge on any atom is 0.303 e. The normalized spacial score (nSPS) is 11.8. The van der Waals surface area contributed by atoms with Gasteiger partial charge in [-0.25, -0.2) is 4.39 Å². The van der Waals surface area contributed by atoms with Gasteiger partial charge in [-0.3, -0.25) is 13.9 Å². The second kappa shape index (κ2) is 11.1. The minimum absolute atomic E-state index is 0.0804. The van der Waals surface area contributed by atoms with E-state index in [9.17, 15) is 22.4 Å². The Labute approximate surface area is 217 Å². The summed E-state index contributed by atoms with van der Waals surface area (Å²) in [4.78, 5) is 25.6. The third kappa shape index (κ3) is 6.93. The topological polar surface area (TPSA) is 98.8 Å². The summed E-state index contributed by atoms with van der Waals surface area (Å²) >= 11 is 0. The molecule has 3 aromatic rings. The van der Waals surface area contributed by atoms with E-state index in [2.05, 4.69) is 10.6 Å². The molecule has 0 aromatic heterocycles. The van der Waals surface area contributed by atoms with E-state index in [1.54, 1.807) is 54.6 Å². The van der Waals surface area contributed by atoms with E-state index in [1.807, 2.05) is 20.8 Å². The Bertz CT molecular complexity index is 1380. The predicted molar refractivity (Wildman–Crippen MR) is 143 cm³/mol. The molecule has 0 aliphatic rings. The average molecular weight is 527 g/mol. The maximum atomic E-state index is 14.5. The number of halogens is 1. The molecule has 0 aliphatic heterocycles. The molecule has 3 rings (SSSR count). The average Bonchev–Trinajstić information content (AvgIpc) is 2.82. The van der Waals surface area contributed by atoms with Crippen molar-refractivity contribution in [2.45, 2.75) is 32.9 Å². The van der Waals surface area contributed by atoms with Gasteiger partial charge in [0.15, 0.2) is 0 Å². The van der Waals surface area contributed by atoms with Crippen molar-refractivity contribution in [1.82, 2.24) is 9.62 Å². The highest BCUT2D eigenvalue weighted by molar-refractivity contribution is 7.90. The summed E-state index contributed by atoms with van der Waals surface area (Å²) in [5.41, 5.74) is 1.03. The summed E-state index contributed by atoms with van der Waals surface area (Å²) in [5.74, 6) is -1.42. The Kier molecular flexibility index (Phi) is 8.35. The molecule has 8 nitrogen and oxygen atoms in total. The lowest BCUT2D eigenvalue weighted by atomic mass is 10.1. The van der Waals surface area contributed by atoms with E-state index in [4.69, 9.17) is 0 Å². The van der Waals surface area contributed by atoms with E-state index < -0.39 is 27.5 Å². The van der Waals surface area contributed by atoms with Gasteiger partial charge in [0.25, 0.3) is 11.8 Å². The van der Waals surface area contributed by atoms with Gasteiger partial charge in [0.1, 0.15) is 5.82 Å².